The summed E-state index contributed by atoms with van der Waals surface area (Å²) in [6, 6.07) is 14.6. The average Bonchev–Trinajstić information content (AvgIpc) is 2.44. The third-order valence-corrected chi connectivity index (χ3v) is 3.67. The first-order chi connectivity index (χ1) is 9.16. The number of fused-ring (bicyclic) bond motifs is 1. The first-order valence-electron chi connectivity index (χ1n) is 5.64. The second kappa shape index (κ2) is 4.83. The Morgan fingerprint density at radius 2 is 1.79 bits per heavy atom. The van der Waals surface area contributed by atoms with Gasteiger partial charge in [-0.15, -0.1) is 0 Å². The Kier molecular flexibility index (Phi) is 3.17. The summed E-state index contributed by atoms with van der Waals surface area (Å²) in [4.78, 5) is 12.3. The zero-order valence-corrected chi connectivity index (χ0v) is 12.0. The minimum atomic E-state index is -0.219. The molecule has 0 radical (unpaired) electrons. The van der Waals surface area contributed by atoms with E-state index in [-0.39, 0.29) is 10.5 Å². The molecule has 2 nitrogen and oxygen atoms in total. The highest BCUT2D eigenvalue weighted by Crippen LogP contribution is 2.29. The molecular weight excluding hydrogens is 328 g/mol. The van der Waals surface area contributed by atoms with Gasteiger partial charge in [0.15, 0.2) is 5.76 Å². The molecule has 1 aromatic heterocycles. The molecule has 0 atom stereocenters. The number of hydrogen-bond donors (Lipinski definition) is 0. The monoisotopic (exact) mass is 334 g/mol. The summed E-state index contributed by atoms with van der Waals surface area (Å²) < 4.78 is 6.58. The molecule has 1 heterocycles. The van der Waals surface area contributed by atoms with Crippen LogP contribution in [0.4, 0.5) is 0 Å². The van der Waals surface area contributed by atoms with Crippen LogP contribution in [-0.4, -0.2) is 0 Å². The van der Waals surface area contributed by atoms with E-state index in [2.05, 4.69) is 15.9 Å². The van der Waals surface area contributed by atoms with Gasteiger partial charge in [-0.3, -0.25) is 4.79 Å². The van der Waals surface area contributed by atoms with Gasteiger partial charge >= 0.3 is 0 Å². The molecule has 3 rings (SSSR count). The maximum Gasteiger partial charge on any atom is 0.211 e. The van der Waals surface area contributed by atoms with E-state index in [1.165, 1.54) is 0 Å². The molecule has 0 spiro atoms. The van der Waals surface area contributed by atoms with Crippen LogP contribution in [0.2, 0.25) is 5.02 Å². The molecule has 0 unspecified atom stereocenters. The second-order valence-corrected chi connectivity index (χ2v) is 5.37. The van der Waals surface area contributed by atoms with Crippen molar-refractivity contribution in [3.05, 3.63) is 68.2 Å². The van der Waals surface area contributed by atoms with Gasteiger partial charge in [0.05, 0.1) is 5.39 Å². The summed E-state index contributed by atoms with van der Waals surface area (Å²) in [6.45, 7) is 0. The quantitative estimate of drug-likeness (QED) is 0.634. The third kappa shape index (κ3) is 2.20. The van der Waals surface area contributed by atoms with Crippen LogP contribution in [0.1, 0.15) is 0 Å². The second-order valence-electron chi connectivity index (χ2n) is 4.08. The standard InChI is InChI=1S/C15H8BrClO2/c16-10-6-7-12-11(8-10)14(18)13(17)15(19-12)9-4-2-1-3-5-9/h1-8H. The first kappa shape index (κ1) is 12.5. The Hall–Kier alpha value is -1.58. The van der Waals surface area contributed by atoms with Crippen molar-refractivity contribution in [2.24, 2.45) is 0 Å². The van der Waals surface area contributed by atoms with Crippen LogP contribution in [0.15, 0.2) is 62.2 Å². The molecule has 0 N–H and O–H groups in total. The topological polar surface area (TPSA) is 30.2 Å². The minimum absolute atomic E-state index is 0.108. The Labute approximate surface area is 122 Å². The SMILES string of the molecule is O=c1c(Cl)c(-c2ccccc2)oc2ccc(Br)cc12. The highest BCUT2D eigenvalue weighted by molar-refractivity contribution is 9.10. The molecule has 0 amide bonds. The summed E-state index contributed by atoms with van der Waals surface area (Å²) in [5, 5.41) is 0.579. The summed E-state index contributed by atoms with van der Waals surface area (Å²) >= 11 is 9.47. The van der Waals surface area contributed by atoms with Crippen molar-refractivity contribution in [3.63, 3.8) is 0 Å². The van der Waals surface area contributed by atoms with Gasteiger partial charge in [-0.25, -0.2) is 0 Å². The van der Waals surface area contributed by atoms with Gasteiger partial charge in [0.1, 0.15) is 10.6 Å². The smallest absolute Gasteiger partial charge is 0.211 e. The zero-order chi connectivity index (χ0) is 13.4. The van der Waals surface area contributed by atoms with Crippen LogP contribution in [0.25, 0.3) is 22.3 Å². The van der Waals surface area contributed by atoms with Crippen LogP contribution >= 0.6 is 27.5 Å². The fourth-order valence-electron chi connectivity index (χ4n) is 1.92. The summed E-state index contributed by atoms with van der Waals surface area (Å²) in [7, 11) is 0. The molecule has 94 valence electrons. The summed E-state index contributed by atoms with van der Waals surface area (Å²) in [5.74, 6) is 0.405. The molecule has 0 fully saturated rings. The molecular formula is C15H8BrClO2. The van der Waals surface area contributed by atoms with Crippen LogP contribution in [-0.2, 0) is 0 Å². The van der Waals surface area contributed by atoms with Crippen molar-refractivity contribution in [3.8, 4) is 11.3 Å². The van der Waals surface area contributed by atoms with Gasteiger partial charge in [0, 0.05) is 10.0 Å². The predicted molar refractivity (Wildman–Crippen MR) is 80.6 cm³/mol. The van der Waals surface area contributed by atoms with Gasteiger partial charge in [0.2, 0.25) is 5.43 Å². The highest BCUT2D eigenvalue weighted by atomic mass is 79.9. The largest absolute Gasteiger partial charge is 0.454 e. The molecule has 0 aliphatic carbocycles. The maximum absolute atomic E-state index is 12.3. The fraction of sp³-hybridized carbons (Fsp3) is 0. The van der Waals surface area contributed by atoms with Crippen molar-refractivity contribution < 1.29 is 4.42 Å². The fourth-order valence-corrected chi connectivity index (χ4v) is 2.53. The Balaban J connectivity index is 2.37. The predicted octanol–water partition coefficient (Wildman–Crippen LogP) is 4.88. The van der Waals surface area contributed by atoms with Crippen molar-refractivity contribution >= 4 is 38.5 Å². The Morgan fingerprint density at radius 1 is 1.05 bits per heavy atom. The average molecular weight is 336 g/mol. The summed E-state index contributed by atoms with van der Waals surface area (Å²) in [5.41, 5.74) is 1.09. The molecule has 0 aliphatic rings. The molecule has 2 aromatic carbocycles. The molecule has 0 saturated carbocycles. The lowest BCUT2D eigenvalue weighted by molar-refractivity contribution is 0.619. The Morgan fingerprint density at radius 3 is 2.53 bits per heavy atom. The van der Waals surface area contributed by atoms with Crippen molar-refractivity contribution in [2.75, 3.05) is 0 Å². The lowest BCUT2D eigenvalue weighted by atomic mass is 10.1. The molecule has 0 saturated heterocycles. The van der Waals surface area contributed by atoms with Gasteiger partial charge in [-0.2, -0.15) is 0 Å². The van der Waals surface area contributed by atoms with E-state index in [0.29, 0.717) is 16.7 Å². The number of rotatable bonds is 1. The van der Waals surface area contributed by atoms with E-state index < -0.39 is 0 Å². The van der Waals surface area contributed by atoms with Crippen LogP contribution in [0.5, 0.6) is 0 Å². The van der Waals surface area contributed by atoms with Crippen LogP contribution < -0.4 is 5.43 Å². The van der Waals surface area contributed by atoms with Crippen LogP contribution in [0.3, 0.4) is 0 Å². The molecule has 3 aromatic rings. The normalized spacial score (nSPS) is 10.8. The van der Waals surface area contributed by atoms with E-state index in [1.54, 1.807) is 12.1 Å². The molecule has 4 heteroatoms. The van der Waals surface area contributed by atoms with Gasteiger partial charge in [-0.05, 0) is 18.2 Å². The van der Waals surface area contributed by atoms with Crippen molar-refractivity contribution in [1.82, 2.24) is 0 Å². The lowest BCUT2D eigenvalue weighted by Crippen LogP contribution is -2.03. The zero-order valence-electron chi connectivity index (χ0n) is 9.69. The van der Waals surface area contributed by atoms with Gasteiger partial charge < -0.3 is 4.42 Å². The van der Waals surface area contributed by atoms with E-state index in [4.69, 9.17) is 16.0 Å². The maximum atomic E-state index is 12.3. The molecule has 0 aliphatic heterocycles. The molecule has 0 bridgehead atoms. The highest BCUT2D eigenvalue weighted by Gasteiger charge is 2.14. The van der Waals surface area contributed by atoms with Crippen molar-refractivity contribution in [2.45, 2.75) is 0 Å². The minimum Gasteiger partial charge on any atom is -0.454 e. The number of hydrogen-bond acceptors (Lipinski definition) is 2. The van der Waals surface area contributed by atoms with E-state index >= 15 is 0 Å². The lowest BCUT2D eigenvalue weighted by Gasteiger charge is -2.05. The van der Waals surface area contributed by atoms with Gasteiger partial charge in [0.25, 0.3) is 0 Å². The van der Waals surface area contributed by atoms with E-state index in [0.717, 1.165) is 10.0 Å². The number of benzene rings is 2. The van der Waals surface area contributed by atoms with Crippen molar-refractivity contribution in [1.29, 1.82) is 0 Å². The summed E-state index contributed by atoms with van der Waals surface area (Å²) in [6.07, 6.45) is 0. The van der Waals surface area contributed by atoms with Crippen LogP contribution in [0, 0.1) is 0 Å². The first-order valence-corrected chi connectivity index (χ1v) is 6.81. The van der Waals surface area contributed by atoms with Gasteiger partial charge in [-0.1, -0.05) is 57.9 Å². The van der Waals surface area contributed by atoms with E-state index in [1.807, 2.05) is 36.4 Å². The number of halogens is 2. The third-order valence-electron chi connectivity index (χ3n) is 2.83. The van der Waals surface area contributed by atoms with E-state index in [9.17, 15) is 4.79 Å². The Bertz CT molecular complexity index is 809. The molecule has 19 heavy (non-hydrogen) atoms.